The minimum absolute atomic E-state index is 0.0303. The highest BCUT2D eigenvalue weighted by Crippen LogP contribution is 2.26. The molecule has 0 spiro atoms. The van der Waals surface area contributed by atoms with Crippen molar-refractivity contribution in [2.45, 2.75) is 20.3 Å². The Morgan fingerprint density at radius 3 is 2.46 bits per heavy atom. The predicted molar refractivity (Wildman–Crippen MR) is 104 cm³/mol. The van der Waals surface area contributed by atoms with E-state index in [9.17, 15) is 9.59 Å². The van der Waals surface area contributed by atoms with Gasteiger partial charge < -0.3 is 18.6 Å². The van der Waals surface area contributed by atoms with Crippen molar-refractivity contribution in [3.05, 3.63) is 58.8 Å². The number of methoxy groups -OCH3 is 2. The van der Waals surface area contributed by atoms with Crippen LogP contribution in [-0.2, 0) is 16.0 Å². The fourth-order valence-electron chi connectivity index (χ4n) is 2.93. The predicted octanol–water partition coefficient (Wildman–Crippen LogP) is 4.04. The molecule has 2 aromatic carbocycles. The second-order valence-corrected chi connectivity index (χ2v) is 6.52. The van der Waals surface area contributed by atoms with Crippen LogP contribution in [0.4, 0.5) is 0 Å². The molecular weight excluding hydrogens is 360 g/mol. The monoisotopic (exact) mass is 382 g/mol. The van der Waals surface area contributed by atoms with Crippen LogP contribution in [0.3, 0.4) is 0 Å². The van der Waals surface area contributed by atoms with Crippen molar-refractivity contribution in [1.29, 1.82) is 0 Å². The molecule has 0 atom stereocenters. The summed E-state index contributed by atoms with van der Waals surface area (Å²) < 4.78 is 21.0. The maximum atomic E-state index is 12.4. The maximum Gasteiger partial charge on any atom is 0.310 e. The Morgan fingerprint density at radius 1 is 1.00 bits per heavy atom. The number of carbonyl (C=O) groups excluding carboxylic acids is 2. The second-order valence-electron chi connectivity index (χ2n) is 6.52. The minimum Gasteiger partial charge on any atom is -0.497 e. The summed E-state index contributed by atoms with van der Waals surface area (Å²) in [6.45, 7) is 3.64. The van der Waals surface area contributed by atoms with Crippen LogP contribution in [-0.4, -0.2) is 32.6 Å². The highest BCUT2D eigenvalue weighted by molar-refractivity contribution is 6.00. The van der Waals surface area contributed by atoms with Gasteiger partial charge in [0.15, 0.2) is 6.61 Å². The van der Waals surface area contributed by atoms with Crippen molar-refractivity contribution in [2.75, 3.05) is 20.8 Å². The number of ether oxygens (including phenoxy) is 3. The lowest BCUT2D eigenvalue weighted by Crippen LogP contribution is -2.16. The third-order valence-electron chi connectivity index (χ3n) is 4.68. The first-order chi connectivity index (χ1) is 13.4. The summed E-state index contributed by atoms with van der Waals surface area (Å²) in [5.41, 5.74) is 4.03. The van der Waals surface area contributed by atoms with Crippen LogP contribution in [0, 0.1) is 13.8 Å². The molecule has 0 aliphatic heterocycles. The Morgan fingerprint density at radius 2 is 1.75 bits per heavy atom. The van der Waals surface area contributed by atoms with Crippen LogP contribution in [0.25, 0.3) is 11.0 Å². The summed E-state index contributed by atoms with van der Waals surface area (Å²) in [6.07, 6.45) is 1.58. The number of benzene rings is 2. The van der Waals surface area contributed by atoms with Crippen molar-refractivity contribution in [1.82, 2.24) is 0 Å². The highest BCUT2D eigenvalue weighted by Gasteiger charge is 2.17. The lowest BCUT2D eigenvalue weighted by atomic mass is 10.0. The molecule has 0 N–H and O–H groups in total. The molecule has 146 valence electrons. The van der Waals surface area contributed by atoms with E-state index in [1.807, 2.05) is 26.0 Å². The van der Waals surface area contributed by atoms with E-state index < -0.39 is 5.97 Å². The number of Topliss-reactive ketones (excluding diaryl/α,β-unsaturated/α-hetero) is 1. The van der Waals surface area contributed by atoms with Crippen molar-refractivity contribution in [3.8, 4) is 11.5 Å². The summed E-state index contributed by atoms with van der Waals surface area (Å²) >= 11 is 0. The van der Waals surface area contributed by atoms with Gasteiger partial charge in [-0.25, -0.2) is 0 Å². The Balaban J connectivity index is 1.66. The zero-order chi connectivity index (χ0) is 20.3. The molecule has 0 bridgehead atoms. The van der Waals surface area contributed by atoms with Crippen LogP contribution < -0.4 is 9.47 Å². The maximum absolute atomic E-state index is 12.4. The van der Waals surface area contributed by atoms with Gasteiger partial charge in [-0.2, -0.15) is 0 Å². The van der Waals surface area contributed by atoms with Gasteiger partial charge in [-0.1, -0.05) is 0 Å². The first-order valence-electron chi connectivity index (χ1n) is 8.81. The van der Waals surface area contributed by atoms with Gasteiger partial charge >= 0.3 is 5.97 Å². The molecule has 0 aliphatic carbocycles. The summed E-state index contributed by atoms with van der Waals surface area (Å²) in [5.74, 6) is 0.0907. The molecule has 0 saturated carbocycles. The van der Waals surface area contributed by atoms with E-state index >= 15 is 0 Å². The first-order valence-corrected chi connectivity index (χ1v) is 8.81. The lowest BCUT2D eigenvalue weighted by Gasteiger charge is -2.10. The van der Waals surface area contributed by atoms with Gasteiger partial charge in [0.25, 0.3) is 0 Å². The van der Waals surface area contributed by atoms with Crippen LogP contribution in [0.15, 0.2) is 41.0 Å². The van der Waals surface area contributed by atoms with Gasteiger partial charge in [-0.05, 0) is 49.2 Å². The van der Waals surface area contributed by atoms with Gasteiger partial charge in [0, 0.05) is 17.0 Å². The van der Waals surface area contributed by atoms with Crippen LogP contribution in [0.5, 0.6) is 11.5 Å². The van der Waals surface area contributed by atoms with Crippen molar-refractivity contribution in [2.24, 2.45) is 0 Å². The SMILES string of the molecule is COc1ccc(C(=O)COC(=O)Cc2coc3cc(C)c(C)cc23)c(OC)c1. The molecule has 0 unspecified atom stereocenters. The number of furan rings is 1. The van der Waals surface area contributed by atoms with Crippen LogP contribution in [0.1, 0.15) is 27.0 Å². The molecule has 0 fully saturated rings. The molecular formula is C22H22O6. The summed E-state index contributed by atoms with van der Waals surface area (Å²) in [6, 6.07) is 8.78. The van der Waals surface area contributed by atoms with Crippen LogP contribution in [0.2, 0.25) is 0 Å². The first kappa shape index (κ1) is 19.5. The molecule has 3 rings (SSSR count). The zero-order valence-electron chi connectivity index (χ0n) is 16.3. The Hall–Kier alpha value is -3.28. The average molecular weight is 382 g/mol. The number of ketones is 1. The molecule has 6 heteroatoms. The molecule has 0 aliphatic rings. The van der Waals surface area contributed by atoms with E-state index in [-0.39, 0.29) is 18.8 Å². The van der Waals surface area contributed by atoms with Gasteiger partial charge in [0.2, 0.25) is 5.78 Å². The number of rotatable bonds is 7. The molecule has 1 aromatic heterocycles. The standard InChI is InChI=1S/C22H22O6/c1-13-7-18-15(11-27-21(18)8-14(13)2)9-22(24)28-12-19(23)17-6-5-16(25-3)10-20(17)26-4/h5-8,10-11H,9,12H2,1-4H3. The smallest absolute Gasteiger partial charge is 0.310 e. The molecule has 28 heavy (non-hydrogen) atoms. The largest absolute Gasteiger partial charge is 0.497 e. The van der Waals surface area contributed by atoms with Crippen molar-refractivity contribution < 1.29 is 28.2 Å². The van der Waals surface area contributed by atoms with Gasteiger partial charge in [0.1, 0.15) is 17.1 Å². The molecule has 1 heterocycles. The molecule has 0 saturated heterocycles. The van der Waals surface area contributed by atoms with E-state index in [2.05, 4.69) is 0 Å². The number of hydrogen-bond acceptors (Lipinski definition) is 6. The van der Waals surface area contributed by atoms with E-state index in [1.54, 1.807) is 24.5 Å². The fraction of sp³-hybridized carbons (Fsp3) is 0.273. The summed E-state index contributed by atoms with van der Waals surface area (Å²) in [7, 11) is 2.99. The number of hydrogen-bond donors (Lipinski definition) is 0. The molecule has 3 aromatic rings. The Bertz CT molecular complexity index is 1030. The topological polar surface area (TPSA) is 75.0 Å². The van der Waals surface area contributed by atoms with E-state index in [1.165, 1.54) is 14.2 Å². The normalized spacial score (nSPS) is 10.7. The number of fused-ring (bicyclic) bond motifs is 1. The fourth-order valence-corrected chi connectivity index (χ4v) is 2.93. The average Bonchev–Trinajstić information content (AvgIpc) is 3.07. The number of aryl methyl sites for hydroxylation is 2. The van der Waals surface area contributed by atoms with Gasteiger partial charge in [-0.15, -0.1) is 0 Å². The zero-order valence-corrected chi connectivity index (χ0v) is 16.3. The van der Waals surface area contributed by atoms with E-state index in [0.717, 1.165) is 27.7 Å². The summed E-state index contributed by atoms with van der Waals surface area (Å²) in [4.78, 5) is 24.6. The molecule has 0 amide bonds. The van der Waals surface area contributed by atoms with E-state index in [0.29, 0.717) is 17.1 Å². The third kappa shape index (κ3) is 4.01. The van der Waals surface area contributed by atoms with Crippen LogP contribution >= 0.6 is 0 Å². The highest BCUT2D eigenvalue weighted by atomic mass is 16.5. The number of carbonyl (C=O) groups is 2. The second kappa shape index (κ2) is 8.17. The van der Waals surface area contributed by atoms with Gasteiger partial charge in [0.05, 0.1) is 32.5 Å². The molecule has 0 radical (unpaired) electrons. The van der Waals surface area contributed by atoms with Crippen molar-refractivity contribution in [3.63, 3.8) is 0 Å². The van der Waals surface area contributed by atoms with E-state index in [4.69, 9.17) is 18.6 Å². The quantitative estimate of drug-likeness (QED) is 0.454. The third-order valence-corrected chi connectivity index (χ3v) is 4.68. The number of esters is 1. The lowest BCUT2D eigenvalue weighted by molar-refractivity contribution is -0.141. The van der Waals surface area contributed by atoms with Crippen molar-refractivity contribution >= 4 is 22.7 Å². The minimum atomic E-state index is -0.498. The summed E-state index contributed by atoms with van der Waals surface area (Å²) in [5, 5.41) is 0.878. The molecule has 6 nitrogen and oxygen atoms in total. The Kier molecular flexibility index (Phi) is 5.68. The Labute approximate surface area is 163 Å². The van der Waals surface area contributed by atoms with Gasteiger partial charge in [-0.3, -0.25) is 9.59 Å².